The van der Waals surface area contributed by atoms with Crippen LogP contribution in [0.2, 0.25) is 5.02 Å². The Kier molecular flexibility index (Phi) is 4.67. The number of aldehydes is 1. The summed E-state index contributed by atoms with van der Waals surface area (Å²) >= 11 is 9.79. The fourth-order valence-electron chi connectivity index (χ4n) is 2.64. The number of pyridine rings is 1. The van der Waals surface area contributed by atoms with Crippen molar-refractivity contribution in [3.8, 4) is 0 Å². The number of nitrogens with zero attached hydrogens (tertiary/aromatic N) is 3. The van der Waals surface area contributed by atoms with Crippen LogP contribution in [0.4, 0.5) is 10.1 Å². The van der Waals surface area contributed by atoms with Crippen molar-refractivity contribution in [1.29, 1.82) is 0 Å². The topological polar surface area (TPSA) is 71.6 Å². The molecule has 1 aliphatic rings. The third kappa shape index (κ3) is 2.72. The molecule has 2 aromatic rings. The standard InChI is InChI=1S/C16H13BrClFN4O/c1-8-12(7-24)23(20)11-5-4-9(17)14(18)13(11)16(22-8)15-10(19)3-2-6-21-15/h2-8,12H,20H2,1H3. The molecule has 2 heterocycles. The smallest absolute Gasteiger partial charge is 0.151 e. The van der Waals surface area contributed by atoms with Crippen molar-refractivity contribution < 1.29 is 9.18 Å². The molecular weight excluding hydrogens is 399 g/mol. The molecule has 0 bridgehead atoms. The first-order valence-corrected chi connectivity index (χ1v) is 8.29. The van der Waals surface area contributed by atoms with E-state index in [1.54, 1.807) is 19.1 Å². The molecule has 5 nitrogen and oxygen atoms in total. The highest BCUT2D eigenvalue weighted by Crippen LogP contribution is 2.37. The van der Waals surface area contributed by atoms with Crippen LogP contribution in [0.15, 0.2) is 39.9 Å². The maximum atomic E-state index is 14.3. The molecule has 0 fully saturated rings. The Morgan fingerprint density at radius 2 is 2.17 bits per heavy atom. The number of hydrazine groups is 1. The monoisotopic (exact) mass is 410 g/mol. The van der Waals surface area contributed by atoms with Gasteiger partial charge in [0.25, 0.3) is 0 Å². The third-order valence-corrected chi connectivity index (χ3v) is 5.14. The van der Waals surface area contributed by atoms with Gasteiger partial charge in [0.1, 0.15) is 18.0 Å². The second-order valence-electron chi connectivity index (χ2n) is 5.34. The molecule has 0 spiro atoms. The Morgan fingerprint density at radius 1 is 1.42 bits per heavy atom. The molecule has 2 N–H and O–H groups in total. The maximum absolute atomic E-state index is 14.3. The van der Waals surface area contributed by atoms with E-state index >= 15 is 0 Å². The van der Waals surface area contributed by atoms with Crippen LogP contribution < -0.4 is 10.9 Å². The van der Waals surface area contributed by atoms with Gasteiger partial charge in [-0.1, -0.05) is 11.6 Å². The van der Waals surface area contributed by atoms with Crippen molar-refractivity contribution in [2.24, 2.45) is 10.8 Å². The second-order valence-corrected chi connectivity index (χ2v) is 6.57. The molecule has 8 heteroatoms. The summed E-state index contributed by atoms with van der Waals surface area (Å²) in [6.07, 6.45) is 2.19. The summed E-state index contributed by atoms with van der Waals surface area (Å²) in [4.78, 5) is 20.1. The number of nitrogens with two attached hydrogens (primary N) is 1. The first kappa shape index (κ1) is 17.0. The summed E-state index contributed by atoms with van der Waals surface area (Å²) in [5.74, 6) is 5.60. The Hall–Kier alpha value is -1.83. The number of anilines is 1. The molecule has 0 aliphatic carbocycles. The van der Waals surface area contributed by atoms with E-state index in [1.807, 2.05) is 0 Å². The number of hydrogen-bond acceptors (Lipinski definition) is 5. The third-order valence-electron chi connectivity index (χ3n) is 3.86. The molecule has 24 heavy (non-hydrogen) atoms. The number of aliphatic imine (C=N–C) groups is 1. The van der Waals surface area contributed by atoms with Crippen molar-refractivity contribution in [3.63, 3.8) is 0 Å². The predicted octanol–water partition coefficient (Wildman–Crippen LogP) is 3.12. The zero-order chi connectivity index (χ0) is 17.4. The summed E-state index contributed by atoms with van der Waals surface area (Å²) in [6, 6.07) is 4.99. The van der Waals surface area contributed by atoms with Crippen molar-refractivity contribution >= 4 is 45.2 Å². The molecule has 2 unspecified atom stereocenters. The van der Waals surface area contributed by atoms with Gasteiger partial charge in [-0.2, -0.15) is 0 Å². The van der Waals surface area contributed by atoms with Crippen LogP contribution in [0.3, 0.4) is 0 Å². The van der Waals surface area contributed by atoms with Crippen LogP contribution in [0, 0.1) is 5.82 Å². The van der Waals surface area contributed by atoms with Gasteiger partial charge in [0.2, 0.25) is 0 Å². The number of aromatic nitrogens is 1. The van der Waals surface area contributed by atoms with Gasteiger partial charge in [0.15, 0.2) is 5.82 Å². The van der Waals surface area contributed by atoms with Gasteiger partial charge in [-0.25, -0.2) is 10.2 Å². The highest BCUT2D eigenvalue weighted by Gasteiger charge is 2.32. The number of fused-ring (bicyclic) bond motifs is 1. The van der Waals surface area contributed by atoms with Gasteiger partial charge in [0, 0.05) is 16.2 Å². The van der Waals surface area contributed by atoms with E-state index in [9.17, 15) is 9.18 Å². The van der Waals surface area contributed by atoms with Crippen molar-refractivity contribution in [1.82, 2.24) is 4.98 Å². The summed E-state index contributed by atoms with van der Waals surface area (Å²) < 4.78 is 14.9. The van der Waals surface area contributed by atoms with Gasteiger partial charge in [-0.05, 0) is 47.1 Å². The van der Waals surface area contributed by atoms with Crippen LogP contribution in [-0.4, -0.2) is 29.1 Å². The lowest BCUT2D eigenvalue weighted by Crippen LogP contribution is -2.47. The molecule has 0 radical (unpaired) electrons. The molecule has 0 saturated carbocycles. The minimum atomic E-state index is -0.703. The SMILES string of the molecule is CC1N=C(c2ncccc2F)c2c(ccc(Br)c2Cl)N(N)C1C=O. The van der Waals surface area contributed by atoms with E-state index in [0.717, 1.165) is 0 Å². The van der Waals surface area contributed by atoms with Gasteiger partial charge in [0.05, 0.1) is 22.5 Å². The lowest BCUT2D eigenvalue weighted by Gasteiger charge is -2.27. The minimum Gasteiger partial charge on any atom is -0.301 e. The zero-order valence-corrected chi connectivity index (χ0v) is 14.9. The molecule has 0 amide bonds. The predicted molar refractivity (Wildman–Crippen MR) is 95.0 cm³/mol. The molecular formula is C16H13BrClFN4O. The van der Waals surface area contributed by atoms with E-state index in [1.165, 1.54) is 23.3 Å². The summed E-state index contributed by atoms with van der Waals surface area (Å²) in [5.41, 5.74) is 1.24. The fourth-order valence-corrected chi connectivity index (χ4v) is 3.22. The van der Waals surface area contributed by atoms with Crippen molar-refractivity contribution in [2.75, 3.05) is 5.01 Å². The number of carbonyl (C=O) groups excluding carboxylic acids is 1. The van der Waals surface area contributed by atoms with Gasteiger partial charge in [-0.15, -0.1) is 0 Å². The molecule has 124 valence electrons. The molecule has 0 saturated heterocycles. The van der Waals surface area contributed by atoms with Crippen LogP contribution in [0.1, 0.15) is 18.2 Å². The van der Waals surface area contributed by atoms with E-state index in [0.29, 0.717) is 27.0 Å². The zero-order valence-electron chi connectivity index (χ0n) is 12.6. The van der Waals surface area contributed by atoms with Crippen molar-refractivity contribution in [3.05, 3.63) is 57.0 Å². The largest absolute Gasteiger partial charge is 0.301 e. The van der Waals surface area contributed by atoms with Crippen LogP contribution >= 0.6 is 27.5 Å². The summed E-state index contributed by atoms with van der Waals surface area (Å²) in [5, 5.41) is 1.63. The summed E-state index contributed by atoms with van der Waals surface area (Å²) in [7, 11) is 0. The fraction of sp³-hybridized carbons (Fsp3) is 0.188. The van der Waals surface area contributed by atoms with E-state index in [4.69, 9.17) is 17.4 Å². The average Bonchev–Trinajstić information content (AvgIpc) is 2.66. The van der Waals surface area contributed by atoms with E-state index in [2.05, 4.69) is 25.9 Å². The van der Waals surface area contributed by atoms with Gasteiger partial charge in [-0.3, -0.25) is 15.0 Å². The summed E-state index contributed by atoms with van der Waals surface area (Å²) in [6.45, 7) is 1.73. The molecule has 1 aromatic carbocycles. The normalized spacial score (nSPS) is 20.2. The molecule has 1 aliphatic heterocycles. The quantitative estimate of drug-likeness (QED) is 0.609. The first-order chi connectivity index (χ1) is 11.5. The average molecular weight is 412 g/mol. The Morgan fingerprint density at radius 3 is 2.83 bits per heavy atom. The number of halogens is 3. The Labute approximate surface area is 151 Å². The maximum Gasteiger partial charge on any atom is 0.151 e. The van der Waals surface area contributed by atoms with E-state index < -0.39 is 17.9 Å². The molecule has 2 atom stereocenters. The Balaban J connectivity index is 2.36. The van der Waals surface area contributed by atoms with Crippen molar-refractivity contribution in [2.45, 2.75) is 19.0 Å². The number of benzodiazepines with no additional fused rings is 1. The van der Waals surface area contributed by atoms with Crippen LogP contribution in [-0.2, 0) is 4.79 Å². The number of rotatable bonds is 2. The first-order valence-electron chi connectivity index (χ1n) is 7.12. The lowest BCUT2D eigenvalue weighted by molar-refractivity contribution is -0.109. The van der Waals surface area contributed by atoms with Crippen LogP contribution in [0.5, 0.6) is 0 Å². The van der Waals surface area contributed by atoms with Gasteiger partial charge < -0.3 is 4.79 Å². The van der Waals surface area contributed by atoms with Gasteiger partial charge >= 0.3 is 0 Å². The number of hydrogen-bond donors (Lipinski definition) is 1. The highest BCUT2D eigenvalue weighted by atomic mass is 79.9. The number of benzene rings is 1. The molecule has 3 rings (SSSR count). The molecule has 1 aromatic heterocycles. The second kappa shape index (κ2) is 6.58. The number of carbonyl (C=O) groups is 1. The Bertz CT molecular complexity index is 845. The van der Waals surface area contributed by atoms with Crippen LogP contribution in [0.25, 0.3) is 0 Å². The highest BCUT2D eigenvalue weighted by molar-refractivity contribution is 9.10. The van der Waals surface area contributed by atoms with E-state index in [-0.39, 0.29) is 11.4 Å². The minimum absolute atomic E-state index is 0.0607. The lowest BCUT2D eigenvalue weighted by atomic mass is 10.0.